The van der Waals surface area contributed by atoms with Crippen LogP contribution >= 0.6 is 15.9 Å². The summed E-state index contributed by atoms with van der Waals surface area (Å²) in [5.41, 5.74) is 0.791. The number of hydrogen-bond acceptors (Lipinski definition) is 4. The van der Waals surface area contributed by atoms with Gasteiger partial charge in [0.25, 0.3) is 0 Å². The van der Waals surface area contributed by atoms with Crippen molar-refractivity contribution in [2.45, 2.75) is 0 Å². The molecule has 1 fully saturated rings. The average Bonchev–Trinajstić information content (AvgIpc) is 2.46. The smallest absolute Gasteiger partial charge is 0.176 e. The fraction of sp³-hybridized carbons (Fsp3) is 0.562. The second kappa shape index (κ2) is 8.03. The van der Waals surface area contributed by atoms with Gasteiger partial charge in [-0.25, -0.2) is 0 Å². The second-order valence-electron chi connectivity index (χ2n) is 5.85. The molecule has 1 heterocycles. The monoisotopic (exact) mass is 353 g/mol. The van der Waals surface area contributed by atoms with Gasteiger partial charge in [0.2, 0.25) is 0 Å². The van der Waals surface area contributed by atoms with Crippen LogP contribution in [0.1, 0.15) is 10.4 Å². The van der Waals surface area contributed by atoms with Gasteiger partial charge >= 0.3 is 0 Å². The molecule has 4 nitrogen and oxygen atoms in total. The number of piperazine rings is 1. The van der Waals surface area contributed by atoms with Gasteiger partial charge < -0.3 is 4.90 Å². The predicted octanol–water partition coefficient (Wildman–Crippen LogP) is 1.81. The number of nitrogens with zero attached hydrogens (tertiary/aromatic N) is 3. The van der Waals surface area contributed by atoms with Gasteiger partial charge in [-0.2, -0.15) is 0 Å². The summed E-state index contributed by atoms with van der Waals surface area (Å²) in [5.74, 6) is 0.207. The first-order valence-electron chi connectivity index (χ1n) is 7.43. The van der Waals surface area contributed by atoms with Crippen molar-refractivity contribution in [3.05, 3.63) is 34.3 Å². The van der Waals surface area contributed by atoms with Gasteiger partial charge in [0.05, 0.1) is 6.54 Å². The molecule has 1 aliphatic rings. The maximum atomic E-state index is 12.3. The Labute approximate surface area is 135 Å². The maximum absolute atomic E-state index is 12.3. The highest BCUT2D eigenvalue weighted by molar-refractivity contribution is 9.10. The standard InChI is InChI=1S/C16H24BrN3O/c1-18(2)6-7-19-8-10-20(11-9-19)13-16(21)14-4-3-5-15(17)12-14/h3-5,12H,6-11,13H2,1-2H3. The number of halogens is 1. The molecule has 0 aromatic heterocycles. The normalized spacial score (nSPS) is 17.3. The molecule has 0 N–H and O–H groups in total. The third kappa shape index (κ3) is 5.51. The number of ketones is 1. The van der Waals surface area contributed by atoms with Crippen molar-refractivity contribution in [1.82, 2.24) is 14.7 Å². The van der Waals surface area contributed by atoms with E-state index >= 15 is 0 Å². The van der Waals surface area contributed by atoms with E-state index in [0.29, 0.717) is 6.54 Å². The topological polar surface area (TPSA) is 26.8 Å². The maximum Gasteiger partial charge on any atom is 0.176 e. The Bertz CT molecular complexity index is 470. The van der Waals surface area contributed by atoms with Crippen LogP contribution in [-0.4, -0.2) is 80.4 Å². The van der Waals surface area contributed by atoms with E-state index in [4.69, 9.17) is 0 Å². The highest BCUT2D eigenvalue weighted by Gasteiger charge is 2.19. The SMILES string of the molecule is CN(C)CCN1CCN(CC(=O)c2cccc(Br)c2)CC1. The molecule has 0 aliphatic carbocycles. The Hall–Kier alpha value is -0.750. The molecule has 0 amide bonds. The molecule has 0 saturated carbocycles. The zero-order chi connectivity index (χ0) is 15.2. The second-order valence-corrected chi connectivity index (χ2v) is 6.77. The number of carbonyl (C=O) groups is 1. The number of carbonyl (C=O) groups excluding carboxylic acids is 1. The lowest BCUT2D eigenvalue weighted by Crippen LogP contribution is -2.49. The van der Waals surface area contributed by atoms with Crippen LogP contribution in [0, 0.1) is 0 Å². The van der Waals surface area contributed by atoms with Crippen molar-refractivity contribution in [1.29, 1.82) is 0 Å². The van der Waals surface area contributed by atoms with Crippen LogP contribution in [0.15, 0.2) is 28.7 Å². The number of benzene rings is 1. The lowest BCUT2D eigenvalue weighted by Gasteiger charge is -2.34. The Morgan fingerprint density at radius 2 is 1.86 bits per heavy atom. The summed E-state index contributed by atoms with van der Waals surface area (Å²) in [6.07, 6.45) is 0. The average molecular weight is 354 g/mol. The van der Waals surface area contributed by atoms with Crippen molar-refractivity contribution in [2.24, 2.45) is 0 Å². The van der Waals surface area contributed by atoms with Gasteiger partial charge in [0, 0.05) is 49.3 Å². The Kier molecular flexibility index (Phi) is 6.36. The van der Waals surface area contributed by atoms with Gasteiger partial charge in [0.1, 0.15) is 0 Å². The number of rotatable bonds is 6. The van der Waals surface area contributed by atoms with Crippen LogP contribution in [0.25, 0.3) is 0 Å². The van der Waals surface area contributed by atoms with E-state index < -0.39 is 0 Å². The molecule has 0 bridgehead atoms. The molecule has 116 valence electrons. The molecule has 0 atom stereocenters. The highest BCUT2D eigenvalue weighted by Crippen LogP contribution is 2.13. The summed E-state index contributed by atoms with van der Waals surface area (Å²) < 4.78 is 0.960. The minimum Gasteiger partial charge on any atom is -0.308 e. The third-order valence-corrected chi connectivity index (χ3v) is 4.34. The van der Waals surface area contributed by atoms with Crippen LogP contribution in [-0.2, 0) is 0 Å². The molecule has 1 saturated heterocycles. The Morgan fingerprint density at radius 3 is 2.48 bits per heavy atom. The third-order valence-electron chi connectivity index (χ3n) is 3.84. The fourth-order valence-corrected chi connectivity index (χ4v) is 2.87. The number of Topliss-reactive ketones (excluding diaryl/α,β-unsaturated/α-hetero) is 1. The summed E-state index contributed by atoms with van der Waals surface area (Å²) in [4.78, 5) is 19.2. The van der Waals surface area contributed by atoms with Gasteiger partial charge in [0.15, 0.2) is 5.78 Å². The molecule has 0 unspecified atom stereocenters. The Balaban J connectivity index is 1.77. The van der Waals surface area contributed by atoms with E-state index in [0.717, 1.165) is 49.3 Å². The lowest BCUT2D eigenvalue weighted by atomic mass is 10.1. The summed E-state index contributed by atoms with van der Waals surface area (Å²) in [6.45, 7) is 6.80. The van der Waals surface area contributed by atoms with E-state index in [2.05, 4.69) is 44.7 Å². The highest BCUT2D eigenvalue weighted by atomic mass is 79.9. The first kappa shape index (κ1) is 16.6. The van der Waals surface area contributed by atoms with Crippen molar-refractivity contribution in [2.75, 3.05) is 59.9 Å². The molecule has 0 radical (unpaired) electrons. The van der Waals surface area contributed by atoms with Gasteiger partial charge in [-0.15, -0.1) is 0 Å². The molecular formula is C16H24BrN3O. The van der Waals surface area contributed by atoms with Crippen molar-refractivity contribution in [3.63, 3.8) is 0 Å². The van der Waals surface area contributed by atoms with Crippen LogP contribution in [0.3, 0.4) is 0 Å². The summed E-state index contributed by atoms with van der Waals surface area (Å²) in [5, 5.41) is 0. The van der Waals surface area contributed by atoms with Crippen molar-refractivity contribution >= 4 is 21.7 Å². The summed E-state index contributed by atoms with van der Waals surface area (Å²) >= 11 is 3.42. The zero-order valence-electron chi connectivity index (χ0n) is 12.9. The minimum absolute atomic E-state index is 0.207. The Morgan fingerprint density at radius 1 is 1.19 bits per heavy atom. The summed E-state index contributed by atoms with van der Waals surface area (Å²) in [7, 11) is 4.21. The minimum atomic E-state index is 0.207. The van der Waals surface area contributed by atoms with Crippen molar-refractivity contribution in [3.8, 4) is 0 Å². The van der Waals surface area contributed by atoms with Gasteiger partial charge in [-0.3, -0.25) is 14.6 Å². The van der Waals surface area contributed by atoms with E-state index in [1.54, 1.807) is 0 Å². The van der Waals surface area contributed by atoms with E-state index in [1.807, 2.05) is 24.3 Å². The quantitative estimate of drug-likeness (QED) is 0.728. The van der Waals surface area contributed by atoms with Crippen molar-refractivity contribution < 1.29 is 4.79 Å². The first-order chi connectivity index (χ1) is 10.0. The molecule has 21 heavy (non-hydrogen) atoms. The first-order valence-corrected chi connectivity index (χ1v) is 8.22. The molecule has 1 aromatic rings. The van der Waals surface area contributed by atoms with E-state index in [9.17, 15) is 4.79 Å². The van der Waals surface area contributed by atoms with E-state index in [-0.39, 0.29) is 5.78 Å². The largest absolute Gasteiger partial charge is 0.308 e. The predicted molar refractivity (Wildman–Crippen MR) is 89.9 cm³/mol. The molecule has 5 heteroatoms. The van der Waals surface area contributed by atoms with Crippen LogP contribution in [0.2, 0.25) is 0 Å². The summed E-state index contributed by atoms with van der Waals surface area (Å²) in [6, 6.07) is 7.65. The van der Waals surface area contributed by atoms with Crippen LogP contribution in [0.4, 0.5) is 0 Å². The van der Waals surface area contributed by atoms with Crippen LogP contribution in [0.5, 0.6) is 0 Å². The van der Waals surface area contributed by atoms with Crippen LogP contribution < -0.4 is 0 Å². The van der Waals surface area contributed by atoms with Gasteiger partial charge in [-0.1, -0.05) is 28.1 Å². The number of hydrogen-bond donors (Lipinski definition) is 0. The molecule has 0 spiro atoms. The molecule has 1 aliphatic heterocycles. The molecule has 1 aromatic carbocycles. The fourth-order valence-electron chi connectivity index (χ4n) is 2.47. The zero-order valence-corrected chi connectivity index (χ0v) is 14.5. The molecule has 2 rings (SSSR count). The molecular weight excluding hydrogens is 330 g/mol. The number of likely N-dealkylation sites (N-methyl/N-ethyl adjacent to an activating group) is 1. The van der Waals surface area contributed by atoms with E-state index in [1.165, 1.54) is 0 Å². The lowest BCUT2D eigenvalue weighted by molar-refractivity contribution is 0.0844. The van der Waals surface area contributed by atoms with Gasteiger partial charge in [-0.05, 0) is 26.2 Å².